The zero-order valence-corrected chi connectivity index (χ0v) is 10.7. The first-order valence-corrected chi connectivity index (χ1v) is 5.90. The van der Waals surface area contributed by atoms with Crippen LogP contribution in [-0.4, -0.2) is 27.8 Å². The minimum Gasteiger partial charge on any atom is -0.292 e. The number of nitrogens with one attached hydrogen (secondary N) is 1. The van der Waals surface area contributed by atoms with E-state index in [9.17, 15) is 0 Å². The Labute approximate surface area is 91.8 Å². The average molecular weight is 264 g/mol. The van der Waals surface area contributed by atoms with Crippen LogP contribution >= 0.6 is 27.7 Å². The number of thioether (sulfide) groups is 1. The Hall–Kier alpha value is -0.160. The van der Waals surface area contributed by atoms with Crippen molar-refractivity contribution in [3.8, 4) is 0 Å². The Bertz CT molecular complexity index is 246. The van der Waals surface area contributed by atoms with Crippen molar-refractivity contribution in [2.45, 2.75) is 26.8 Å². The second kappa shape index (κ2) is 6.32. The Kier molecular flexibility index (Phi) is 6.24. The highest BCUT2D eigenvalue weighted by molar-refractivity contribution is 9.19. The van der Waals surface area contributed by atoms with Gasteiger partial charge in [-0.05, 0) is 43.0 Å². The predicted molar refractivity (Wildman–Crippen MR) is 65.8 cm³/mol. The van der Waals surface area contributed by atoms with Crippen LogP contribution in [0.3, 0.4) is 0 Å². The Morgan fingerprint density at radius 1 is 1.46 bits per heavy atom. The molecule has 5 heteroatoms. The van der Waals surface area contributed by atoms with Crippen LogP contribution in [0.15, 0.2) is 9.98 Å². The molecule has 0 saturated heterocycles. The van der Waals surface area contributed by atoms with Crippen molar-refractivity contribution in [1.82, 2.24) is 0 Å². The van der Waals surface area contributed by atoms with Crippen molar-refractivity contribution in [3.05, 3.63) is 0 Å². The number of nitrogens with zero attached hydrogens (tertiary/aromatic N) is 2. The second-order valence-corrected chi connectivity index (χ2v) is 4.29. The van der Waals surface area contributed by atoms with Gasteiger partial charge in [0, 0.05) is 6.04 Å². The van der Waals surface area contributed by atoms with Crippen LogP contribution in [0, 0.1) is 5.41 Å². The van der Waals surface area contributed by atoms with Crippen LogP contribution in [0.2, 0.25) is 0 Å². The van der Waals surface area contributed by atoms with Crippen LogP contribution in [0.1, 0.15) is 20.8 Å². The second-order valence-electron chi connectivity index (χ2n) is 2.72. The molecule has 74 valence electrons. The molecule has 0 amide bonds. The molecule has 3 nitrogen and oxygen atoms in total. The van der Waals surface area contributed by atoms with Gasteiger partial charge in [-0.25, -0.2) is 4.99 Å². The summed E-state index contributed by atoms with van der Waals surface area (Å²) >= 11 is 4.54. The van der Waals surface area contributed by atoms with Crippen LogP contribution in [0.4, 0.5) is 0 Å². The maximum atomic E-state index is 7.27. The van der Waals surface area contributed by atoms with Crippen molar-refractivity contribution in [1.29, 1.82) is 5.41 Å². The van der Waals surface area contributed by atoms with Crippen molar-refractivity contribution < 1.29 is 0 Å². The SMILES string of the molecule is CSC(=N/C(C)C)/N=C(\C)C(=N)Br. The highest BCUT2D eigenvalue weighted by Gasteiger charge is 2.00. The Balaban J connectivity index is 4.62. The van der Waals surface area contributed by atoms with Gasteiger partial charge in [-0.15, -0.1) is 0 Å². The van der Waals surface area contributed by atoms with Crippen LogP contribution < -0.4 is 0 Å². The van der Waals surface area contributed by atoms with E-state index in [0.29, 0.717) is 10.3 Å². The van der Waals surface area contributed by atoms with Crippen LogP contribution in [0.25, 0.3) is 0 Å². The van der Waals surface area contributed by atoms with E-state index >= 15 is 0 Å². The van der Waals surface area contributed by atoms with E-state index in [2.05, 4.69) is 25.9 Å². The highest BCUT2D eigenvalue weighted by Crippen LogP contribution is 2.04. The van der Waals surface area contributed by atoms with E-state index in [0.717, 1.165) is 5.17 Å². The number of halogens is 1. The average Bonchev–Trinajstić information content (AvgIpc) is 2.02. The summed E-state index contributed by atoms with van der Waals surface area (Å²) in [6.45, 7) is 5.78. The van der Waals surface area contributed by atoms with Gasteiger partial charge in [-0.1, -0.05) is 11.8 Å². The number of hydrogen-bond acceptors (Lipinski definition) is 3. The largest absolute Gasteiger partial charge is 0.292 e. The molecule has 0 aliphatic carbocycles. The van der Waals surface area contributed by atoms with Gasteiger partial charge in [0.05, 0.1) is 5.71 Å². The zero-order valence-electron chi connectivity index (χ0n) is 8.26. The van der Waals surface area contributed by atoms with E-state index in [4.69, 9.17) is 5.41 Å². The maximum absolute atomic E-state index is 7.27. The topological polar surface area (TPSA) is 48.6 Å². The molecular weight excluding hydrogens is 250 g/mol. The quantitative estimate of drug-likeness (QED) is 0.605. The summed E-state index contributed by atoms with van der Waals surface area (Å²) in [5.74, 6) is 0. The fourth-order valence-corrected chi connectivity index (χ4v) is 1.17. The number of rotatable bonds is 2. The molecule has 0 aromatic rings. The molecule has 0 unspecified atom stereocenters. The summed E-state index contributed by atoms with van der Waals surface area (Å²) in [6, 6.07) is 0.239. The molecule has 1 N–H and O–H groups in total. The number of amidine groups is 1. The summed E-state index contributed by atoms with van der Waals surface area (Å²) < 4.78 is 0.304. The lowest BCUT2D eigenvalue weighted by molar-refractivity contribution is 0.838. The number of aliphatic imine (C=N–C) groups is 2. The normalized spacial score (nSPS) is 13.7. The molecule has 0 fully saturated rings. The van der Waals surface area contributed by atoms with E-state index in [1.54, 1.807) is 6.92 Å². The van der Waals surface area contributed by atoms with Gasteiger partial charge in [0.1, 0.15) is 4.62 Å². The lowest BCUT2D eigenvalue weighted by Crippen LogP contribution is -2.04. The van der Waals surface area contributed by atoms with E-state index < -0.39 is 0 Å². The molecule has 0 aromatic carbocycles. The van der Waals surface area contributed by atoms with Gasteiger partial charge >= 0.3 is 0 Å². The van der Waals surface area contributed by atoms with Gasteiger partial charge in [-0.2, -0.15) is 0 Å². The van der Waals surface area contributed by atoms with Crippen molar-refractivity contribution in [3.63, 3.8) is 0 Å². The third kappa shape index (κ3) is 5.99. The fourth-order valence-electron chi connectivity index (χ4n) is 0.541. The highest BCUT2D eigenvalue weighted by atomic mass is 79.9. The van der Waals surface area contributed by atoms with E-state index in [1.165, 1.54) is 11.8 Å². The molecule has 0 atom stereocenters. The summed E-state index contributed by atoms with van der Waals surface area (Å²) in [6.07, 6.45) is 1.93. The van der Waals surface area contributed by atoms with Crippen molar-refractivity contribution >= 4 is 43.2 Å². The van der Waals surface area contributed by atoms with E-state index in [1.807, 2.05) is 20.1 Å². The van der Waals surface area contributed by atoms with E-state index in [-0.39, 0.29) is 6.04 Å². The van der Waals surface area contributed by atoms with Gasteiger partial charge in [0.15, 0.2) is 5.17 Å². The van der Waals surface area contributed by atoms with Crippen molar-refractivity contribution in [2.24, 2.45) is 9.98 Å². The third-order valence-corrected chi connectivity index (χ3v) is 2.27. The molecule has 0 aliphatic heterocycles. The summed E-state index contributed by atoms with van der Waals surface area (Å²) in [4.78, 5) is 8.49. The van der Waals surface area contributed by atoms with Gasteiger partial charge < -0.3 is 0 Å². The molecular formula is C8H14BrN3S. The van der Waals surface area contributed by atoms with Crippen LogP contribution in [0.5, 0.6) is 0 Å². The molecule has 0 rings (SSSR count). The first-order chi connectivity index (χ1) is 5.97. The Morgan fingerprint density at radius 3 is 2.31 bits per heavy atom. The minimum absolute atomic E-state index is 0.239. The van der Waals surface area contributed by atoms with Gasteiger partial charge in [0.2, 0.25) is 0 Å². The Morgan fingerprint density at radius 2 is 2.00 bits per heavy atom. The molecule has 0 saturated carbocycles. The van der Waals surface area contributed by atoms with Gasteiger partial charge in [0.25, 0.3) is 0 Å². The first-order valence-electron chi connectivity index (χ1n) is 3.89. The van der Waals surface area contributed by atoms with Crippen molar-refractivity contribution in [2.75, 3.05) is 6.26 Å². The van der Waals surface area contributed by atoms with Gasteiger partial charge in [-0.3, -0.25) is 10.4 Å². The zero-order chi connectivity index (χ0) is 10.4. The maximum Gasteiger partial charge on any atom is 0.183 e. The smallest absolute Gasteiger partial charge is 0.183 e. The molecule has 0 radical (unpaired) electrons. The lowest BCUT2D eigenvalue weighted by atomic mass is 10.4. The molecule has 0 aliphatic rings. The molecule has 0 aromatic heterocycles. The van der Waals surface area contributed by atoms with Crippen LogP contribution in [-0.2, 0) is 0 Å². The molecule has 0 spiro atoms. The lowest BCUT2D eigenvalue weighted by Gasteiger charge is -2.01. The first kappa shape index (κ1) is 12.8. The minimum atomic E-state index is 0.239. The predicted octanol–water partition coefficient (Wildman–Crippen LogP) is 2.95. The summed E-state index contributed by atoms with van der Waals surface area (Å²) in [5, 5.41) is 7.99. The summed E-state index contributed by atoms with van der Waals surface area (Å²) in [7, 11) is 0. The monoisotopic (exact) mass is 263 g/mol. The molecule has 0 heterocycles. The summed E-state index contributed by atoms with van der Waals surface area (Å²) in [5.41, 5.74) is 0.647. The third-order valence-electron chi connectivity index (χ3n) is 1.13. The number of hydrogen-bond donors (Lipinski definition) is 1. The molecule has 13 heavy (non-hydrogen) atoms. The standard InChI is InChI=1S/C8H14BrN3S/c1-5(2)11-8(13-4)12-6(3)7(9)10/h5,10H,1-4H3/b10-7?,11-8+,12-6+. The molecule has 0 bridgehead atoms. The fraction of sp³-hybridized carbons (Fsp3) is 0.625.